The number of ether oxygens (including phenoxy) is 1. The second kappa shape index (κ2) is 46.9. The Morgan fingerprint density at radius 3 is 1.32 bits per heavy atom. The van der Waals surface area contributed by atoms with Gasteiger partial charge in [-0.3, -0.25) is 124 Å². The molecule has 48 heteroatoms. The normalized spacial score (nSPS) is 22.2. The van der Waals surface area contributed by atoms with Gasteiger partial charge >= 0.3 is 7.60 Å². The molecule has 622 valence electrons. The summed E-state index contributed by atoms with van der Waals surface area (Å²) in [7, 11) is -16.0. The average Bonchev–Trinajstić information content (AvgIpc) is 1.76. The van der Waals surface area contributed by atoms with E-state index in [1.54, 1.807) is 46.4 Å². The molecule has 7 fully saturated rings. The molecule has 0 aromatic carbocycles. The lowest BCUT2D eigenvalue weighted by atomic mass is 9.95. The Bertz CT molecular complexity index is 3360. The summed E-state index contributed by atoms with van der Waals surface area (Å²) >= 11 is 0. The topological polar surface area (TPSA) is 566 Å². The van der Waals surface area contributed by atoms with Gasteiger partial charge in [-0.25, -0.2) is 5.06 Å². The quantitative estimate of drug-likeness (QED) is 0.0553. The van der Waals surface area contributed by atoms with Crippen molar-refractivity contribution in [2.75, 3.05) is 144 Å². The van der Waals surface area contributed by atoms with Gasteiger partial charge in [0.2, 0.25) is 13.3 Å². The van der Waals surface area contributed by atoms with Crippen LogP contribution in [-0.2, 0) is 128 Å². The van der Waals surface area contributed by atoms with E-state index >= 15 is 0 Å². The summed E-state index contributed by atoms with van der Waals surface area (Å²) in [5.41, 5.74) is -0.674. The fourth-order valence-electron chi connectivity index (χ4n) is 9.19. The highest BCUT2D eigenvalue weighted by molar-refractivity contribution is 7.58. The molecule has 7 N–H and O–H groups in total. The number of rotatable bonds is 28. The Balaban J connectivity index is 0.000000631. The zero-order valence-corrected chi connectivity index (χ0v) is 68.6. The lowest BCUT2D eigenvalue weighted by Crippen LogP contribution is -2.41. The number of carbonyl (C=O) groups is 13. The molecule has 7 heterocycles. The zero-order chi connectivity index (χ0) is 83.1. The van der Waals surface area contributed by atoms with Crippen molar-refractivity contribution < 1.29 is 163 Å². The van der Waals surface area contributed by atoms with Crippen LogP contribution >= 0.6 is 44.4 Å². The molecule has 7 aliphatic rings. The number of Topliss-reactive ketones (excluding diaryl/α,β-unsaturated/α-hetero) is 1. The van der Waals surface area contributed by atoms with Gasteiger partial charge in [0.25, 0.3) is 65.0 Å². The van der Waals surface area contributed by atoms with E-state index in [4.69, 9.17) is 72.9 Å². The maximum absolute atomic E-state index is 11.7. The third-order valence-corrected chi connectivity index (χ3v) is 21.1. The smallest absolute Gasteiger partial charge is 0.325 e. The van der Waals surface area contributed by atoms with Crippen LogP contribution in [0.3, 0.4) is 0 Å². The molecule has 0 aromatic rings. The Hall–Kier alpha value is -4.95. The summed E-state index contributed by atoms with van der Waals surface area (Å²) in [4.78, 5) is 247. The highest BCUT2D eigenvalue weighted by Crippen LogP contribution is 2.41. The molecule has 7 aliphatic heterocycles. The van der Waals surface area contributed by atoms with E-state index in [9.17, 15) is 89.7 Å². The summed E-state index contributed by atoms with van der Waals surface area (Å²) in [5.74, 6) is -5.25. The van der Waals surface area contributed by atoms with Gasteiger partial charge < -0.3 is 43.9 Å². The number of hydrogen-bond donors (Lipinski definition) is 7. The highest BCUT2D eigenvalue weighted by Gasteiger charge is 2.44. The van der Waals surface area contributed by atoms with Crippen LogP contribution in [0.25, 0.3) is 0 Å². The zero-order valence-electron chi connectivity index (χ0n) is 63.2. The first-order chi connectivity index (χ1) is 49.4. The number of nitrogens with zero attached hydrogens (tertiary/aromatic N) is 8. The predicted octanol–water partition coefficient (Wildman–Crippen LogP) is 2.48. The van der Waals surface area contributed by atoms with Crippen molar-refractivity contribution in [3.63, 3.8) is 0 Å². The van der Waals surface area contributed by atoms with Crippen LogP contribution < -0.4 is 0 Å². The molecule has 108 heavy (non-hydrogen) atoms. The molecule has 42 nitrogen and oxygen atoms in total. The van der Waals surface area contributed by atoms with Gasteiger partial charge in [-0.05, 0) is 72.9 Å². The van der Waals surface area contributed by atoms with Crippen LogP contribution in [0.15, 0.2) is 0 Å². The second-order valence-corrected chi connectivity index (χ2v) is 41.8. The van der Waals surface area contributed by atoms with E-state index in [0.717, 1.165) is 31.7 Å². The highest BCUT2D eigenvalue weighted by atomic mass is 31.2. The van der Waals surface area contributed by atoms with Gasteiger partial charge in [-0.1, -0.05) is 20.8 Å². The van der Waals surface area contributed by atoms with Crippen molar-refractivity contribution in [2.45, 2.75) is 138 Å². The van der Waals surface area contributed by atoms with E-state index in [0.29, 0.717) is 37.7 Å². The lowest BCUT2D eigenvalue weighted by Gasteiger charge is -2.25. The Morgan fingerprint density at radius 1 is 0.519 bits per heavy atom. The van der Waals surface area contributed by atoms with Crippen molar-refractivity contribution in [3.05, 3.63) is 0 Å². The van der Waals surface area contributed by atoms with Gasteiger partial charge in [0.1, 0.15) is 19.6 Å². The molecule has 9 unspecified atom stereocenters. The molecule has 7 rings (SSSR count). The summed E-state index contributed by atoms with van der Waals surface area (Å²) < 4.78 is 70.2. The molecule has 0 radical (unpaired) electrons. The van der Waals surface area contributed by atoms with Crippen LogP contribution in [-0.4, -0.2) is 301 Å². The standard InChI is InChI=1S/2C10H18NO5P.C9H16N2O3.2C9H16NO5P.C7H12NO6P.C6H12NO5P/c1-10(2)7-16-11(9(10)13)8(12)5-4-6-17(3,14)15;1-7-8(2)16-11(10(7)13)9(12)5-4-6-17(3,14)15;1-10(2)6-8(12)7-11-9(13)4-3-5-14-11;1-7(6-16(2,13)14)5-9(12)10-8(11)3-4-15-10;1-7-6-15-10(9(7)12)8(11)4-3-5-16(2,13)14;9-6(2-1-5-15(11,12)13)8-7(10)3-4-14-8;1-13(9,10)5-11-4-7-6(8)2-3-12-7/h4-7H2,1-3H3,(H,14,15);7-8H,4-6H2,1-3H3,(H,14,15);3-7H2,1-2H3;2*7H,3-6H2,1-2H3,(H,13,14);1-5H2,(H2,11,12,13);2-5H2,1H3,(H,9,10). The molecular formula is C60H108N8O34P6. The fourth-order valence-corrected chi connectivity index (χ4v) is 13.7. The first kappa shape index (κ1) is 101. The van der Waals surface area contributed by atoms with Crippen molar-refractivity contribution in [1.82, 2.24) is 40.3 Å². The van der Waals surface area contributed by atoms with E-state index < -0.39 is 85.3 Å². The third-order valence-electron chi connectivity index (χ3n) is 14.8. The average molecular weight is 1670 g/mol. The number of imide groups is 5. The maximum Gasteiger partial charge on any atom is 0.325 e. The summed E-state index contributed by atoms with van der Waals surface area (Å²) in [6, 6.07) is 0. The van der Waals surface area contributed by atoms with E-state index in [1.807, 2.05) is 14.1 Å². The molecule has 0 spiro atoms. The number of hydrogen-bond acceptors (Lipinski definition) is 28. The monoisotopic (exact) mass is 1670 g/mol. The summed E-state index contributed by atoms with van der Waals surface area (Å²) in [6.07, 6.45) is 2.28. The van der Waals surface area contributed by atoms with E-state index in [2.05, 4.69) is 0 Å². The summed E-state index contributed by atoms with van der Waals surface area (Å²) in [5, 5.41) is 5.98. The first-order valence-electron chi connectivity index (χ1n) is 34.1. The molecule has 0 aromatic heterocycles. The van der Waals surface area contributed by atoms with Crippen LogP contribution in [0.2, 0.25) is 0 Å². The minimum Gasteiger partial charge on any atom is -0.349 e. The van der Waals surface area contributed by atoms with Gasteiger partial charge in [-0.15, -0.1) is 0 Å². The largest absolute Gasteiger partial charge is 0.349 e. The van der Waals surface area contributed by atoms with Crippen LogP contribution in [0.5, 0.6) is 0 Å². The number of likely N-dealkylation sites (N-methyl/N-ethyl adjacent to an activating group) is 1. The number of carbonyl (C=O) groups excluding carboxylic acids is 13. The molecule has 0 saturated carbocycles. The Kier molecular flexibility index (Phi) is 43.9. The third kappa shape index (κ3) is 43.2. The van der Waals surface area contributed by atoms with Crippen LogP contribution in [0.4, 0.5) is 0 Å². The summed E-state index contributed by atoms with van der Waals surface area (Å²) in [6.45, 7) is 18.4. The molecule has 7 saturated heterocycles. The molecule has 0 bridgehead atoms. The van der Waals surface area contributed by atoms with Crippen molar-refractivity contribution >= 4 is 121 Å². The number of ketones is 1. The lowest BCUT2D eigenvalue weighted by molar-refractivity contribution is -0.198. The van der Waals surface area contributed by atoms with Crippen LogP contribution in [0.1, 0.15) is 131 Å². The predicted molar refractivity (Wildman–Crippen MR) is 379 cm³/mol. The van der Waals surface area contributed by atoms with Gasteiger partial charge in [0, 0.05) is 96.5 Å². The molecule has 0 aliphatic carbocycles. The van der Waals surface area contributed by atoms with Crippen molar-refractivity contribution in [1.29, 1.82) is 0 Å². The fraction of sp³-hybridized carbons (Fsp3) is 0.783. The van der Waals surface area contributed by atoms with E-state index in [-0.39, 0.29) is 213 Å². The van der Waals surface area contributed by atoms with Gasteiger partial charge in [-0.2, -0.15) is 30.4 Å². The first-order valence-corrected chi connectivity index (χ1v) is 47.3. The van der Waals surface area contributed by atoms with Crippen molar-refractivity contribution in [3.8, 4) is 0 Å². The second-order valence-electron chi connectivity index (χ2n) is 27.5. The Labute approximate surface area is 626 Å². The minimum absolute atomic E-state index is 0.00903. The molecule has 9 atom stereocenters. The van der Waals surface area contributed by atoms with Crippen molar-refractivity contribution in [2.24, 2.45) is 23.2 Å². The van der Waals surface area contributed by atoms with Gasteiger partial charge in [0.05, 0.1) is 95.0 Å². The molecular weight excluding hydrogens is 1560 g/mol. The minimum atomic E-state index is -4.07. The SMILES string of the molecule is CC(CC(=O)N1OCCC1=O)CP(C)(=O)O.CC1(C)CON(C(=O)CCCP(C)(=O)O)C1=O.CC1CON(C(=O)CCCP(C)(=O)O)C1=O.CC1ON(C(=O)CCCP(C)(=O)O)C(=O)C1C.CN(C)CC(=O)CN1OCCCC1=O.CP(=O)(O)COCN1OCCC1=O.O=C(CCCP(=O)(O)O)N1OCCC1=O. The number of hydroxylamine groups is 14. The molecule has 12 amide bonds. The van der Waals surface area contributed by atoms with E-state index in [1.165, 1.54) is 38.4 Å². The van der Waals surface area contributed by atoms with Crippen LogP contribution in [0, 0.1) is 23.2 Å². The number of amides is 12. The van der Waals surface area contributed by atoms with Gasteiger partial charge in [0.15, 0.2) is 35.3 Å². The Morgan fingerprint density at radius 2 is 0.954 bits per heavy atom. The maximum atomic E-state index is 11.7.